The second-order valence-electron chi connectivity index (χ2n) is 8.39. The molecule has 4 amide bonds. The quantitative estimate of drug-likeness (QED) is 0.542. The van der Waals surface area contributed by atoms with Crippen molar-refractivity contribution in [3.63, 3.8) is 0 Å². The van der Waals surface area contributed by atoms with E-state index < -0.39 is 5.54 Å². The second-order valence-corrected chi connectivity index (χ2v) is 9.42. The molecule has 5 rings (SSSR count). The third-order valence-electron chi connectivity index (χ3n) is 6.20. The summed E-state index contributed by atoms with van der Waals surface area (Å²) in [6, 6.07) is 15.3. The van der Waals surface area contributed by atoms with Gasteiger partial charge in [0.25, 0.3) is 5.91 Å². The Morgan fingerprint density at radius 2 is 1.84 bits per heavy atom. The number of thiazole rings is 1. The van der Waals surface area contributed by atoms with E-state index in [1.165, 1.54) is 4.90 Å². The van der Waals surface area contributed by atoms with Crippen molar-refractivity contribution in [2.45, 2.75) is 44.1 Å². The fraction of sp³-hybridized carbons (Fsp3) is 0.333. The number of carbonyl (C=O) groups is 3. The van der Waals surface area contributed by atoms with Gasteiger partial charge in [-0.2, -0.15) is 0 Å². The lowest BCUT2D eigenvalue weighted by molar-refractivity contribution is -0.131. The van der Waals surface area contributed by atoms with Gasteiger partial charge in [-0.15, -0.1) is 11.3 Å². The lowest BCUT2D eigenvalue weighted by Gasteiger charge is -2.19. The lowest BCUT2D eigenvalue weighted by atomic mass is 9.98. The Balaban J connectivity index is 1.14. The highest BCUT2D eigenvalue weighted by molar-refractivity contribution is 7.21. The van der Waals surface area contributed by atoms with Crippen molar-refractivity contribution in [3.8, 4) is 10.6 Å². The van der Waals surface area contributed by atoms with Crippen LogP contribution in [0.1, 0.15) is 38.5 Å². The van der Waals surface area contributed by atoms with E-state index in [-0.39, 0.29) is 30.8 Å². The van der Waals surface area contributed by atoms with Crippen LogP contribution in [0.25, 0.3) is 20.8 Å². The number of hydrogen-bond donors (Lipinski definition) is 2. The Hall–Kier alpha value is -3.26. The van der Waals surface area contributed by atoms with E-state index in [1.807, 2.05) is 42.5 Å². The third kappa shape index (κ3) is 3.86. The number of fused-ring (bicyclic) bond motifs is 1. The number of amides is 4. The van der Waals surface area contributed by atoms with E-state index in [2.05, 4.69) is 21.7 Å². The maximum atomic E-state index is 12.7. The van der Waals surface area contributed by atoms with Crippen molar-refractivity contribution >= 4 is 45.1 Å². The van der Waals surface area contributed by atoms with Crippen molar-refractivity contribution in [2.24, 2.45) is 0 Å². The number of aromatic nitrogens is 1. The number of nitrogens with zero attached hydrogens (tertiary/aromatic N) is 2. The Kier molecular flexibility index (Phi) is 5.38. The zero-order valence-electron chi connectivity index (χ0n) is 17.6. The summed E-state index contributed by atoms with van der Waals surface area (Å²) in [6.07, 6.45) is 4.01. The van der Waals surface area contributed by atoms with E-state index >= 15 is 0 Å². The molecule has 0 bridgehead atoms. The Morgan fingerprint density at radius 3 is 2.59 bits per heavy atom. The largest absolute Gasteiger partial charge is 0.326 e. The number of urea groups is 1. The predicted octanol–water partition coefficient (Wildman–Crippen LogP) is 4.55. The monoisotopic (exact) mass is 448 g/mol. The normalized spacial score (nSPS) is 17.3. The average Bonchev–Trinajstić information content (AvgIpc) is 3.49. The maximum absolute atomic E-state index is 12.7. The molecule has 0 radical (unpaired) electrons. The molecule has 2 aliphatic rings. The molecule has 2 N–H and O–H groups in total. The van der Waals surface area contributed by atoms with Crippen LogP contribution < -0.4 is 10.6 Å². The number of carbonyl (C=O) groups excluding carboxylic acids is 3. The number of hydrogen-bond acceptors (Lipinski definition) is 5. The van der Waals surface area contributed by atoms with E-state index in [1.54, 1.807) is 11.3 Å². The first-order chi connectivity index (χ1) is 15.5. The van der Waals surface area contributed by atoms with Crippen molar-refractivity contribution in [1.29, 1.82) is 0 Å². The van der Waals surface area contributed by atoms with Gasteiger partial charge in [0.05, 0.1) is 10.2 Å². The third-order valence-corrected chi connectivity index (χ3v) is 7.28. The molecule has 1 aliphatic heterocycles. The molecule has 164 valence electrons. The van der Waals surface area contributed by atoms with Crippen molar-refractivity contribution in [3.05, 3.63) is 48.5 Å². The molecular weight excluding hydrogens is 424 g/mol. The van der Waals surface area contributed by atoms with Crippen LogP contribution in [-0.2, 0) is 9.59 Å². The topological polar surface area (TPSA) is 91.4 Å². The number of imide groups is 1. The molecule has 1 aromatic heterocycles. The van der Waals surface area contributed by atoms with Gasteiger partial charge in [-0.25, -0.2) is 9.78 Å². The highest BCUT2D eigenvalue weighted by Gasteiger charge is 2.52. The molecule has 3 aromatic rings. The number of para-hydroxylation sites is 1. The minimum absolute atomic E-state index is 0.133. The second kappa shape index (κ2) is 8.35. The molecule has 1 spiro atoms. The molecule has 2 fully saturated rings. The smallest absolute Gasteiger partial charge is 0.325 e. The Labute approximate surface area is 189 Å². The van der Waals surface area contributed by atoms with Gasteiger partial charge >= 0.3 is 6.03 Å². The summed E-state index contributed by atoms with van der Waals surface area (Å²) in [6.45, 7) is 0.260. The molecule has 7 nitrogen and oxygen atoms in total. The molecule has 2 aromatic carbocycles. The first kappa shape index (κ1) is 20.6. The van der Waals surface area contributed by atoms with Crippen LogP contribution in [0.15, 0.2) is 48.5 Å². The zero-order valence-corrected chi connectivity index (χ0v) is 18.4. The number of nitrogens with one attached hydrogen (secondary N) is 2. The summed E-state index contributed by atoms with van der Waals surface area (Å²) >= 11 is 1.64. The predicted molar refractivity (Wildman–Crippen MR) is 124 cm³/mol. The lowest BCUT2D eigenvalue weighted by Crippen LogP contribution is -2.44. The van der Waals surface area contributed by atoms with Gasteiger partial charge in [0.1, 0.15) is 10.5 Å². The first-order valence-corrected chi connectivity index (χ1v) is 11.8. The first-order valence-electron chi connectivity index (χ1n) is 10.9. The molecule has 32 heavy (non-hydrogen) atoms. The standard InChI is InChI=1S/C24H24N4O3S/c29-20(8-5-15-28-22(30)24(27-23(28)31)13-3-4-14-24)25-17-11-9-16(10-12-17)21-26-18-6-1-2-7-19(18)32-21/h1-2,6-7,9-12H,3-5,8,13-15H2,(H,25,29)(H,27,31). The number of anilines is 1. The van der Waals surface area contributed by atoms with Crippen LogP contribution in [0.3, 0.4) is 0 Å². The van der Waals surface area contributed by atoms with E-state index in [0.29, 0.717) is 24.9 Å². The van der Waals surface area contributed by atoms with E-state index in [0.717, 1.165) is 33.6 Å². The summed E-state index contributed by atoms with van der Waals surface area (Å²) in [5.74, 6) is -0.272. The number of benzene rings is 2. The molecule has 0 unspecified atom stereocenters. The highest BCUT2D eigenvalue weighted by atomic mass is 32.1. The summed E-state index contributed by atoms with van der Waals surface area (Å²) in [5, 5.41) is 6.69. The van der Waals surface area contributed by atoms with Crippen molar-refractivity contribution in [1.82, 2.24) is 15.2 Å². The number of rotatable bonds is 6. The van der Waals surface area contributed by atoms with Gasteiger partial charge in [0.2, 0.25) is 5.91 Å². The Morgan fingerprint density at radius 1 is 1.09 bits per heavy atom. The van der Waals surface area contributed by atoms with Gasteiger partial charge < -0.3 is 10.6 Å². The minimum atomic E-state index is -0.690. The average molecular weight is 449 g/mol. The van der Waals surface area contributed by atoms with Gasteiger partial charge in [-0.05, 0) is 55.7 Å². The fourth-order valence-corrected chi connectivity index (χ4v) is 5.48. The Bertz CT molecular complexity index is 1150. The van der Waals surface area contributed by atoms with Gasteiger partial charge in [0.15, 0.2) is 0 Å². The van der Waals surface area contributed by atoms with Crippen LogP contribution in [0.2, 0.25) is 0 Å². The van der Waals surface area contributed by atoms with Gasteiger partial charge in [0, 0.05) is 24.2 Å². The summed E-state index contributed by atoms with van der Waals surface area (Å²) < 4.78 is 1.14. The molecule has 2 heterocycles. The minimum Gasteiger partial charge on any atom is -0.326 e. The van der Waals surface area contributed by atoms with Gasteiger partial charge in [-0.1, -0.05) is 25.0 Å². The fourth-order valence-electron chi connectivity index (χ4n) is 4.51. The molecule has 8 heteroatoms. The molecular formula is C24H24N4O3S. The summed E-state index contributed by atoms with van der Waals surface area (Å²) in [7, 11) is 0. The van der Waals surface area contributed by atoms with Crippen LogP contribution in [0.5, 0.6) is 0 Å². The van der Waals surface area contributed by atoms with Crippen LogP contribution >= 0.6 is 11.3 Å². The van der Waals surface area contributed by atoms with E-state index in [4.69, 9.17) is 0 Å². The van der Waals surface area contributed by atoms with Crippen LogP contribution in [0, 0.1) is 0 Å². The molecule has 1 saturated heterocycles. The van der Waals surface area contributed by atoms with Crippen LogP contribution in [-0.4, -0.2) is 39.8 Å². The molecule has 0 atom stereocenters. The summed E-state index contributed by atoms with van der Waals surface area (Å²) in [4.78, 5) is 43.1. The van der Waals surface area contributed by atoms with Crippen molar-refractivity contribution in [2.75, 3.05) is 11.9 Å². The van der Waals surface area contributed by atoms with E-state index in [9.17, 15) is 14.4 Å². The zero-order chi connectivity index (χ0) is 22.1. The summed E-state index contributed by atoms with van der Waals surface area (Å²) in [5.41, 5.74) is 2.00. The maximum Gasteiger partial charge on any atom is 0.325 e. The van der Waals surface area contributed by atoms with Crippen LogP contribution in [0.4, 0.5) is 10.5 Å². The van der Waals surface area contributed by atoms with Gasteiger partial charge in [-0.3, -0.25) is 14.5 Å². The highest BCUT2D eigenvalue weighted by Crippen LogP contribution is 2.35. The SMILES string of the molecule is O=C(CCCN1C(=O)NC2(CCCC2)C1=O)Nc1ccc(-c2nc3ccccc3s2)cc1. The molecule has 1 saturated carbocycles. The van der Waals surface area contributed by atoms with Crippen molar-refractivity contribution < 1.29 is 14.4 Å². The molecule has 1 aliphatic carbocycles.